The van der Waals surface area contributed by atoms with Crippen molar-refractivity contribution in [3.8, 4) is 11.8 Å². The summed E-state index contributed by atoms with van der Waals surface area (Å²) >= 11 is 0. The second-order valence-corrected chi connectivity index (χ2v) is 6.38. The number of benzene rings is 1. The molecular weight excluding hydrogens is 292 g/mol. The summed E-state index contributed by atoms with van der Waals surface area (Å²) in [6.07, 6.45) is 0. The minimum atomic E-state index is -0.797. The van der Waals surface area contributed by atoms with Gasteiger partial charge in [-0.1, -0.05) is 12.1 Å². The van der Waals surface area contributed by atoms with Crippen molar-refractivity contribution >= 4 is 11.6 Å². The molecule has 23 heavy (non-hydrogen) atoms. The van der Waals surface area contributed by atoms with Crippen LogP contribution in [-0.2, 0) is 4.79 Å². The number of hydrogen-bond donors (Lipinski definition) is 1. The number of nitriles is 1. The summed E-state index contributed by atoms with van der Waals surface area (Å²) in [6, 6.07) is 9.44. The SMILES string of the molecule is CN(C(=O)CN1CCN(c2ccccc2O)CC1)C(C)(C)C#N. The van der Waals surface area contributed by atoms with E-state index in [1.165, 1.54) is 4.90 Å². The van der Waals surface area contributed by atoms with Crippen LogP contribution in [0.2, 0.25) is 0 Å². The number of likely N-dealkylation sites (N-methyl/N-ethyl adjacent to an activating group) is 1. The minimum absolute atomic E-state index is 0.0486. The van der Waals surface area contributed by atoms with Crippen LogP contribution >= 0.6 is 0 Å². The van der Waals surface area contributed by atoms with Crippen LogP contribution in [0.25, 0.3) is 0 Å². The first-order chi connectivity index (χ1) is 10.8. The number of amides is 1. The van der Waals surface area contributed by atoms with E-state index in [1.807, 2.05) is 12.1 Å². The van der Waals surface area contributed by atoms with Crippen LogP contribution in [0.5, 0.6) is 5.75 Å². The smallest absolute Gasteiger partial charge is 0.237 e. The van der Waals surface area contributed by atoms with Crippen LogP contribution in [-0.4, -0.2) is 66.1 Å². The maximum Gasteiger partial charge on any atom is 0.237 e. The predicted molar refractivity (Wildman–Crippen MR) is 89.2 cm³/mol. The molecule has 1 aromatic rings. The van der Waals surface area contributed by atoms with Crippen LogP contribution in [0, 0.1) is 11.3 Å². The lowest BCUT2D eigenvalue weighted by atomic mass is 10.1. The molecule has 6 heteroatoms. The maximum atomic E-state index is 12.3. The van der Waals surface area contributed by atoms with Gasteiger partial charge >= 0.3 is 0 Å². The third-order valence-corrected chi connectivity index (χ3v) is 4.44. The van der Waals surface area contributed by atoms with Gasteiger partial charge < -0.3 is 14.9 Å². The predicted octanol–water partition coefficient (Wildman–Crippen LogP) is 1.27. The molecule has 1 saturated heterocycles. The quantitative estimate of drug-likeness (QED) is 0.906. The van der Waals surface area contributed by atoms with Gasteiger partial charge in [-0.15, -0.1) is 0 Å². The molecule has 1 N–H and O–H groups in total. The van der Waals surface area contributed by atoms with Gasteiger partial charge in [0.2, 0.25) is 5.91 Å². The van der Waals surface area contributed by atoms with Crippen LogP contribution < -0.4 is 4.90 Å². The van der Waals surface area contributed by atoms with Gasteiger partial charge in [0.25, 0.3) is 0 Å². The summed E-state index contributed by atoms with van der Waals surface area (Å²) in [7, 11) is 1.67. The molecule has 0 aliphatic carbocycles. The third-order valence-electron chi connectivity index (χ3n) is 4.44. The fourth-order valence-corrected chi connectivity index (χ4v) is 2.56. The number of nitrogens with zero attached hydrogens (tertiary/aromatic N) is 4. The first-order valence-corrected chi connectivity index (χ1v) is 7.78. The highest BCUT2D eigenvalue weighted by atomic mass is 16.3. The summed E-state index contributed by atoms with van der Waals surface area (Å²) in [5, 5.41) is 19.0. The van der Waals surface area contributed by atoms with Crippen molar-refractivity contribution in [1.82, 2.24) is 9.80 Å². The Kier molecular flexibility index (Phi) is 5.12. The van der Waals surface area contributed by atoms with Gasteiger partial charge in [-0.05, 0) is 26.0 Å². The molecular formula is C17H24N4O2. The summed E-state index contributed by atoms with van der Waals surface area (Å²) in [5.41, 5.74) is 0.0376. The van der Waals surface area contributed by atoms with Gasteiger partial charge in [0, 0.05) is 33.2 Å². The standard InChI is InChI=1S/C17H24N4O2/c1-17(2,13-18)19(3)16(23)12-20-8-10-21(11-9-20)14-6-4-5-7-15(14)22/h4-7,22H,8-12H2,1-3H3. The summed E-state index contributed by atoms with van der Waals surface area (Å²) in [4.78, 5) is 18.0. The monoisotopic (exact) mass is 316 g/mol. The molecule has 0 spiro atoms. The average Bonchev–Trinajstić information content (AvgIpc) is 2.55. The van der Waals surface area contributed by atoms with Gasteiger partial charge in [-0.25, -0.2) is 0 Å². The lowest BCUT2D eigenvalue weighted by molar-refractivity contribution is -0.134. The molecule has 0 radical (unpaired) electrons. The largest absolute Gasteiger partial charge is 0.506 e. The molecule has 0 saturated carbocycles. The van der Waals surface area contributed by atoms with E-state index >= 15 is 0 Å². The van der Waals surface area contributed by atoms with Crippen LogP contribution in [0.4, 0.5) is 5.69 Å². The maximum absolute atomic E-state index is 12.3. The number of anilines is 1. The van der Waals surface area contributed by atoms with Gasteiger partial charge in [-0.2, -0.15) is 5.26 Å². The molecule has 1 amide bonds. The van der Waals surface area contributed by atoms with E-state index in [4.69, 9.17) is 5.26 Å². The first-order valence-electron chi connectivity index (χ1n) is 7.78. The van der Waals surface area contributed by atoms with Gasteiger partial charge in [0.15, 0.2) is 0 Å². The zero-order valence-electron chi connectivity index (χ0n) is 14.0. The molecule has 0 aromatic heterocycles. The number of phenolic OH excluding ortho intramolecular Hbond substituents is 1. The van der Waals surface area contributed by atoms with Crippen molar-refractivity contribution < 1.29 is 9.90 Å². The van der Waals surface area contributed by atoms with Gasteiger partial charge in [-0.3, -0.25) is 9.69 Å². The number of rotatable bonds is 4. The summed E-state index contributed by atoms with van der Waals surface area (Å²) in [5.74, 6) is 0.236. The second-order valence-electron chi connectivity index (χ2n) is 6.38. The zero-order valence-corrected chi connectivity index (χ0v) is 14.0. The van der Waals surface area contributed by atoms with Crippen molar-refractivity contribution in [3.63, 3.8) is 0 Å². The Balaban J connectivity index is 1.89. The Hall–Kier alpha value is -2.26. The molecule has 0 unspecified atom stereocenters. The third kappa shape index (κ3) is 3.93. The van der Waals surface area contributed by atoms with Crippen molar-refractivity contribution in [2.75, 3.05) is 44.7 Å². The summed E-state index contributed by atoms with van der Waals surface area (Å²) < 4.78 is 0. The van der Waals surface area contributed by atoms with Gasteiger partial charge in [0.05, 0.1) is 18.3 Å². The van der Waals surface area contributed by atoms with Crippen molar-refractivity contribution in [1.29, 1.82) is 5.26 Å². The van der Waals surface area contributed by atoms with E-state index in [2.05, 4.69) is 15.9 Å². The highest BCUT2D eigenvalue weighted by Crippen LogP contribution is 2.27. The Morgan fingerprint density at radius 2 is 1.91 bits per heavy atom. The van der Waals surface area contributed by atoms with Gasteiger partial charge in [0.1, 0.15) is 11.3 Å². The second kappa shape index (κ2) is 6.88. The Bertz CT molecular complexity index is 601. The first kappa shape index (κ1) is 17.1. The number of carbonyl (C=O) groups is 1. The van der Waals surface area contributed by atoms with E-state index in [1.54, 1.807) is 33.0 Å². The highest BCUT2D eigenvalue weighted by molar-refractivity contribution is 5.79. The normalized spacial score (nSPS) is 16.0. The average molecular weight is 316 g/mol. The molecule has 6 nitrogen and oxygen atoms in total. The number of piperazine rings is 1. The molecule has 1 aliphatic rings. The Morgan fingerprint density at radius 3 is 2.48 bits per heavy atom. The van der Waals surface area contributed by atoms with E-state index in [-0.39, 0.29) is 11.7 Å². The topological polar surface area (TPSA) is 70.8 Å². The van der Waals surface area contributed by atoms with Crippen molar-refractivity contribution in [3.05, 3.63) is 24.3 Å². The van der Waals surface area contributed by atoms with Crippen molar-refractivity contribution in [2.24, 2.45) is 0 Å². The molecule has 0 atom stereocenters. The number of hydrogen-bond acceptors (Lipinski definition) is 5. The number of para-hydroxylation sites is 2. The van der Waals surface area contributed by atoms with E-state index in [0.29, 0.717) is 6.54 Å². The van der Waals surface area contributed by atoms with E-state index in [0.717, 1.165) is 31.9 Å². The van der Waals surface area contributed by atoms with E-state index in [9.17, 15) is 9.90 Å². The molecule has 124 valence electrons. The fraction of sp³-hybridized carbons (Fsp3) is 0.529. The lowest BCUT2D eigenvalue weighted by Crippen LogP contribution is -2.52. The minimum Gasteiger partial charge on any atom is -0.506 e. The molecule has 1 heterocycles. The number of aromatic hydroxyl groups is 1. The van der Waals surface area contributed by atoms with E-state index < -0.39 is 5.54 Å². The zero-order chi connectivity index (χ0) is 17.0. The number of phenols is 1. The molecule has 1 aliphatic heterocycles. The Labute approximate surface area is 137 Å². The number of carbonyl (C=O) groups excluding carboxylic acids is 1. The highest BCUT2D eigenvalue weighted by Gasteiger charge is 2.29. The summed E-state index contributed by atoms with van der Waals surface area (Å²) in [6.45, 7) is 6.81. The Morgan fingerprint density at radius 1 is 1.30 bits per heavy atom. The molecule has 1 fully saturated rings. The van der Waals surface area contributed by atoms with Crippen LogP contribution in [0.15, 0.2) is 24.3 Å². The molecule has 0 bridgehead atoms. The van der Waals surface area contributed by atoms with Crippen LogP contribution in [0.3, 0.4) is 0 Å². The van der Waals surface area contributed by atoms with Crippen molar-refractivity contribution in [2.45, 2.75) is 19.4 Å². The van der Waals surface area contributed by atoms with Crippen LogP contribution in [0.1, 0.15) is 13.8 Å². The fourth-order valence-electron chi connectivity index (χ4n) is 2.56. The lowest BCUT2D eigenvalue weighted by Gasteiger charge is -2.37. The molecule has 1 aromatic carbocycles. The molecule has 2 rings (SSSR count).